The number of nitrogens with zero attached hydrogens (tertiary/aromatic N) is 8. The molecule has 4 heterocycles. The van der Waals surface area contributed by atoms with Gasteiger partial charge in [0.2, 0.25) is 40.1 Å². The van der Waals surface area contributed by atoms with Crippen molar-refractivity contribution in [1.82, 2.24) is 39.1 Å². The summed E-state index contributed by atoms with van der Waals surface area (Å²) in [5.41, 5.74) is 3.99. The third-order valence-corrected chi connectivity index (χ3v) is 15.1. The average Bonchev–Trinajstić information content (AvgIpc) is 3.90. The van der Waals surface area contributed by atoms with Gasteiger partial charge in [0.05, 0.1) is 70.0 Å². The van der Waals surface area contributed by atoms with E-state index >= 15 is 0 Å². The van der Waals surface area contributed by atoms with Crippen LogP contribution in [0, 0.1) is 27.7 Å². The van der Waals surface area contributed by atoms with Crippen molar-refractivity contribution < 1.29 is 33.7 Å². The molecule has 20 nitrogen and oxygen atoms in total. The summed E-state index contributed by atoms with van der Waals surface area (Å²) in [5.74, 6) is 0. The van der Waals surface area contributed by atoms with Crippen LogP contribution in [0.5, 0.6) is 0 Å². The predicted molar refractivity (Wildman–Crippen MR) is 217 cm³/mol. The minimum Gasteiger partial charge on any atom is -0.268 e. The Balaban J connectivity index is 0.000000373. The maximum atomic E-state index is 11.1. The second-order valence-corrected chi connectivity index (χ2v) is 21.8. The van der Waals surface area contributed by atoms with Crippen LogP contribution < -0.4 is 20.6 Å². The van der Waals surface area contributed by atoms with E-state index in [0.717, 1.165) is 22.3 Å². The second kappa shape index (κ2) is 20.3. The number of sulfonamides is 4. The van der Waals surface area contributed by atoms with Gasteiger partial charge in [0.25, 0.3) is 0 Å². The van der Waals surface area contributed by atoms with Crippen LogP contribution in [-0.4, -0.2) is 93.8 Å². The lowest BCUT2D eigenvalue weighted by atomic mass is 10.2. The third kappa shape index (κ3) is 15.8. The standard InChI is InChI=1S/4C8H15N3O2S/c4*1-6-4-10-11(5-6)7(2)8(3)14(9,12)13/h4*4-5,7-8H,1-3H3,(H2,9,12,13)/t2*7-,8+;2*7-,8-/m1010/s1. The molecular formula is C32H60N12O8S4. The molecule has 24 heteroatoms. The van der Waals surface area contributed by atoms with Gasteiger partial charge in [-0.1, -0.05) is 0 Å². The fraction of sp³-hybridized carbons (Fsp3) is 0.625. The Bertz CT molecular complexity index is 1960. The maximum Gasteiger partial charge on any atom is 0.213 e. The molecule has 8 N–H and O–H groups in total. The van der Waals surface area contributed by atoms with E-state index in [1.165, 1.54) is 0 Å². The highest BCUT2D eigenvalue weighted by atomic mass is 32.2. The molecule has 0 aliphatic heterocycles. The van der Waals surface area contributed by atoms with Crippen molar-refractivity contribution in [3.8, 4) is 0 Å². The van der Waals surface area contributed by atoms with Gasteiger partial charge in [-0.15, -0.1) is 0 Å². The Hall–Kier alpha value is -3.52. The summed E-state index contributed by atoms with van der Waals surface area (Å²) < 4.78 is 95.2. The predicted octanol–water partition coefficient (Wildman–Crippen LogP) is 1.72. The molecule has 0 saturated heterocycles. The van der Waals surface area contributed by atoms with Crippen molar-refractivity contribution in [3.63, 3.8) is 0 Å². The van der Waals surface area contributed by atoms with Gasteiger partial charge in [0, 0.05) is 24.8 Å². The molecule has 0 aliphatic rings. The Morgan fingerprint density at radius 2 is 0.518 bits per heavy atom. The average molecular weight is 869 g/mol. The van der Waals surface area contributed by atoms with Crippen LogP contribution in [0.3, 0.4) is 0 Å². The minimum atomic E-state index is -3.50. The first-order valence-electron chi connectivity index (χ1n) is 17.4. The van der Waals surface area contributed by atoms with Gasteiger partial charge in [-0.3, -0.25) is 18.7 Å². The zero-order chi connectivity index (χ0) is 43.7. The number of nitrogens with two attached hydrogens (primary N) is 4. The minimum absolute atomic E-state index is 0.251. The van der Waals surface area contributed by atoms with E-state index in [2.05, 4.69) is 20.4 Å². The molecular weight excluding hydrogens is 809 g/mol. The summed E-state index contributed by atoms with van der Waals surface area (Å²) in [4.78, 5) is 0. The molecule has 4 rings (SSSR count). The molecule has 8 atom stereocenters. The van der Waals surface area contributed by atoms with Crippen LogP contribution in [0.15, 0.2) is 49.6 Å². The molecule has 0 aliphatic carbocycles. The molecule has 4 aromatic rings. The lowest BCUT2D eigenvalue weighted by molar-refractivity contribution is 0.464. The number of aryl methyl sites for hydroxylation is 4. The lowest BCUT2D eigenvalue weighted by Crippen LogP contribution is -2.33. The maximum absolute atomic E-state index is 11.1. The molecule has 0 unspecified atom stereocenters. The van der Waals surface area contributed by atoms with E-state index in [4.69, 9.17) is 20.6 Å². The monoisotopic (exact) mass is 868 g/mol. The largest absolute Gasteiger partial charge is 0.268 e. The van der Waals surface area contributed by atoms with Crippen molar-refractivity contribution in [2.45, 2.75) is 128 Å². The smallest absolute Gasteiger partial charge is 0.213 e. The van der Waals surface area contributed by atoms with Gasteiger partial charge < -0.3 is 0 Å². The number of primary sulfonamides is 4. The fourth-order valence-electron chi connectivity index (χ4n) is 4.58. The molecule has 0 bridgehead atoms. The van der Waals surface area contributed by atoms with E-state index in [-0.39, 0.29) is 24.2 Å². The number of hydrogen-bond donors (Lipinski definition) is 4. The van der Waals surface area contributed by atoms with E-state index in [1.54, 1.807) is 124 Å². The Morgan fingerprint density at radius 3 is 0.607 bits per heavy atom. The third-order valence-electron chi connectivity index (χ3n) is 9.38. The SMILES string of the molecule is Cc1cnn([C@@H](C)[C@@H](C)S(N)(=O)=O)c1.Cc1cnn([C@@H](C)[C@H](C)S(N)(=O)=O)c1.Cc1cnn([C@H](C)[C@@H](C)S(N)(=O)=O)c1.Cc1cnn([C@H](C)[C@H](C)S(N)(=O)=O)c1. The van der Waals surface area contributed by atoms with Crippen LogP contribution in [-0.2, 0) is 40.1 Å². The number of rotatable bonds is 12. The van der Waals surface area contributed by atoms with Gasteiger partial charge in [0.15, 0.2) is 0 Å². The van der Waals surface area contributed by atoms with Crippen LogP contribution in [0.1, 0.15) is 102 Å². The van der Waals surface area contributed by atoms with Crippen molar-refractivity contribution in [2.75, 3.05) is 0 Å². The highest BCUT2D eigenvalue weighted by molar-refractivity contribution is 7.90. The van der Waals surface area contributed by atoms with E-state index in [1.807, 2.05) is 27.7 Å². The summed E-state index contributed by atoms with van der Waals surface area (Å²) in [5, 5.41) is 33.9. The van der Waals surface area contributed by atoms with E-state index in [9.17, 15) is 33.7 Å². The number of aromatic nitrogens is 8. The zero-order valence-corrected chi connectivity index (χ0v) is 37.3. The zero-order valence-electron chi connectivity index (χ0n) is 34.0. The first kappa shape index (κ1) is 50.5. The van der Waals surface area contributed by atoms with E-state index in [0.29, 0.717) is 0 Å². The topological polar surface area (TPSA) is 312 Å². The highest BCUT2D eigenvalue weighted by Gasteiger charge is 2.27. The van der Waals surface area contributed by atoms with Gasteiger partial charge in [-0.25, -0.2) is 54.2 Å². The van der Waals surface area contributed by atoms with E-state index < -0.39 is 61.1 Å². The first-order chi connectivity index (χ1) is 25.3. The van der Waals surface area contributed by atoms with Gasteiger partial charge in [0.1, 0.15) is 0 Å². The summed E-state index contributed by atoms with van der Waals surface area (Å²) in [6.45, 7) is 21.0. The van der Waals surface area contributed by atoms with Crippen LogP contribution in [0.2, 0.25) is 0 Å². The van der Waals surface area contributed by atoms with Crippen molar-refractivity contribution in [2.24, 2.45) is 20.6 Å². The summed E-state index contributed by atoms with van der Waals surface area (Å²) in [6, 6.07) is -1.00. The normalized spacial score (nSPS) is 16.6. The highest BCUT2D eigenvalue weighted by Crippen LogP contribution is 2.18. The molecule has 0 saturated carbocycles. The van der Waals surface area contributed by atoms with Gasteiger partial charge in [-0.05, 0) is 105 Å². The molecule has 0 fully saturated rings. The molecule has 320 valence electrons. The summed E-state index contributed by atoms with van der Waals surface area (Å²) >= 11 is 0. The van der Waals surface area contributed by atoms with Crippen LogP contribution >= 0.6 is 0 Å². The molecule has 4 aromatic heterocycles. The summed E-state index contributed by atoms with van der Waals surface area (Å²) in [6.07, 6.45) is 13.9. The molecule has 56 heavy (non-hydrogen) atoms. The van der Waals surface area contributed by atoms with Gasteiger partial charge in [-0.2, -0.15) is 20.4 Å². The molecule has 0 spiro atoms. The van der Waals surface area contributed by atoms with Crippen molar-refractivity contribution in [1.29, 1.82) is 0 Å². The quantitative estimate of drug-likeness (QED) is 0.158. The Morgan fingerprint density at radius 1 is 0.375 bits per heavy atom. The molecule has 0 amide bonds. The second-order valence-electron chi connectivity index (χ2n) is 14.1. The number of hydrogen-bond acceptors (Lipinski definition) is 12. The van der Waals surface area contributed by atoms with Crippen LogP contribution in [0.25, 0.3) is 0 Å². The lowest BCUT2D eigenvalue weighted by Gasteiger charge is -2.18. The Kier molecular flexibility index (Phi) is 18.3. The van der Waals surface area contributed by atoms with Crippen LogP contribution in [0.4, 0.5) is 0 Å². The van der Waals surface area contributed by atoms with Crippen molar-refractivity contribution in [3.05, 3.63) is 71.8 Å². The summed E-state index contributed by atoms with van der Waals surface area (Å²) in [7, 11) is -14.0. The fourth-order valence-corrected chi connectivity index (χ4v) is 7.28. The van der Waals surface area contributed by atoms with Crippen molar-refractivity contribution >= 4 is 40.1 Å². The first-order valence-corrected chi connectivity index (χ1v) is 23.8. The molecule has 0 radical (unpaired) electrons. The van der Waals surface area contributed by atoms with Gasteiger partial charge >= 0.3 is 0 Å². The Labute approximate surface area is 332 Å². The molecule has 0 aromatic carbocycles.